The van der Waals surface area contributed by atoms with E-state index in [0.29, 0.717) is 24.5 Å². The molecule has 1 amide bonds. The van der Waals surface area contributed by atoms with Crippen LogP contribution >= 0.6 is 0 Å². The highest BCUT2D eigenvalue weighted by atomic mass is 16.5. The molecule has 0 saturated heterocycles. The summed E-state index contributed by atoms with van der Waals surface area (Å²) >= 11 is 0. The van der Waals surface area contributed by atoms with Gasteiger partial charge in [0.15, 0.2) is 11.5 Å². The van der Waals surface area contributed by atoms with Crippen molar-refractivity contribution in [2.24, 2.45) is 4.99 Å². The lowest BCUT2D eigenvalue weighted by atomic mass is 9.93. The van der Waals surface area contributed by atoms with Gasteiger partial charge < -0.3 is 24.4 Å². The molecule has 1 aliphatic rings. The summed E-state index contributed by atoms with van der Waals surface area (Å²) < 4.78 is 16.5. The van der Waals surface area contributed by atoms with Crippen LogP contribution in [0.5, 0.6) is 17.2 Å². The Morgan fingerprint density at radius 3 is 2.37 bits per heavy atom. The van der Waals surface area contributed by atoms with Crippen molar-refractivity contribution in [1.29, 1.82) is 0 Å². The second-order valence-corrected chi connectivity index (χ2v) is 7.32. The number of nitrogens with one attached hydrogen (secondary N) is 1. The molecule has 1 atom stereocenters. The molecular formula is C23H29N3O4. The van der Waals surface area contributed by atoms with Crippen molar-refractivity contribution in [3.8, 4) is 17.2 Å². The van der Waals surface area contributed by atoms with E-state index in [1.165, 1.54) is 0 Å². The zero-order valence-electron chi connectivity index (χ0n) is 18.2. The van der Waals surface area contributed by atoms with Crippen LogP contribution in [0.3, 0.4) is 0 Å². The number of fused-ring (bicyclic) bond motifs is 1. The summed E-state index contributed by atoms with van der Waals surface area (Å²) in [6.45, 7) is 3.48. The number of rotatable bonds is 9. The number of likely N-dealkylation sites (N-methyl/N-ethyl adjacent to an activating group) is 1. The van der Waals surface area contributed by atoms with Gasteiger partial charge in [-0.2, -0.15) is 0 Å². The predicted octanol–water partition coefficient (Wildman–Crippen LogP) is 3.86. The van der Waals surface area contributed by atoms with Crippen molar-refractivity contribution in [2.45, 2.75) is 19.3 Å². The molecule has 1 aliphatic heterocycles. The van der Waals surface area contributed by atoms with E-state index in [4.69, 9.17) is 19.2 Å². The first-order valence-corrected chi connectivity index (χ1v) is 9.98. The number of hydrogen-bond donors (Lipinski definition) is 1. The van der Waals surface area contributed by atoms with Crippen LogP contribution in [0.2, 0.25) is 0 Å². The average Bonchev–Trinajstić information content (AvgIpc) is 3.06. The lowest BCUT2D eigenvalue weighted by Gasteiger charge is -2.14. The summed E-state index contributed by atoms with van der Waals surface area (Å²) in [6.07, 6.45) is 0.646. The van der Waals surface area contributed by atoms with Gasteiger partial charge in [0.05, 0.1) is 19.9 Å². The van der Waals surface area contributed by atoms with Gasteiger partial charge in [-0.15, -0.1) is 0 Å². The maximum atomic E-state index is 12.8. The minimum atomic E-state index is -0.458. The smallest absolute Gasteiger partial charge is 0.237 e. The fourth-order valence-electron chi connectivity index (χ4n) is 3.40. The van der Waals surface area contributed by atoms with Crippen molar-refractivity contribution >= 4 is 23.0 Å². The molecule has 0 aromatic heterocycles. The van der Waals surface area contributed by atoms with Crippen LogP contribution in [-0.4, -0.2) is 58.0 Å². The molecule has 30 heavy (non-hydrogen) atoms. The summed E-state index contributed by atoms with van der Waals surface area (Å²) in [6, 6.07) is 11.3. The van der Waals surface area contributed by atoms with E-state index in [1.807, 2.05) is 51.4 Å². The number of benzene rings is 2. The molecule has 0 aliphatic carbocycles. The number of carbonyl (C=O) groups is 1. The van der Waals surface area contributed by atoms with E-state index in [0.717, 1.165) is 34.9 Å². The van der Waals surface area contributed by atoms with Crippen molar-refractivity contribution in [1.82, 2.24) is 4.90 Å². The van der Waals surface area contributed by atoms with Gasteiger partial charge in [0.25, 0.3) is 0 Å². The minimum Gasteiger partial charge on any atom is -0.493 e. The van der Waals surface area contributed by atoms with Crippen LogP contribution in [0.4, 0.5) is 11.4 Å². The topological polar surface area (TPSA) is 72.4 Å². The Morgan fingerprint density at radius 1 is 1.10 bits per heavy atom. The molecule has 1 N–H and O–H groups in total. The number of carbonyl (C=O) groups excluding carboxylic acids is 1. The Labute approximate surface area is 177 Å². The number of methoxy groups -OCH3 is 2. The van der Waals surface area contributed by atoms with Crippen molar-refractivity contribution in [2.75, 3.05) is 46.8 Å². The van der Waals surface area contributed by atoms with Gasteiger partial charge in [0, 0.05) is 24.0 Å². The highest BCUT2D eigenvalue weighted by Crippen LogP contribution is 2.42. The van der Waals surface area contributed by atoms with E-state index >= 15 is 0 Å². The van der Waals surface area contributed by atoms with Crippen LogP contribution in [0.1, 0.15) is 24.8 Å². The zero-order valence-corrected chi connectivity index (χ0v) is 18.2. The largest absolute Gasteiger partial charge is 0.493 e. The lowest BCUT2D eigenvalue weighted by Crippen LogP contribution is -2.20. The minimum absolute atomic E-state index is 0.0930. The van der Waals surface area contributed by atoms with E-state index in [9.17, 15) is 4.79 Å². The number of aliphatic imine (C=N–C) groups is 1. The molecule has 0 bridgehead atoms. The monoisotopic (exact) mass is 411 g/mol. The van der Waals surface area contributed by atoms with E-state index in [-0.39, 0.29) is 5.91 Å². The predicted molar refractivity (Wildman–Crippen MR) is 119 cm³/mol. The van der Waals surface area contributed by atoms with Gasteiger partial charge in [-0.1, -0.05) is 6.92 Å². The van der Waals surface area contributed by atoms with Gasteiger partial charge in [-0.05, 0) is 56.4 Å². The average molecular weight is 412 g/mol. The molecule has 0 radical (unpaired) electrons. The first-order valence-electron chi connectivity index (χ1n) is 9.98. The molecule has 3 rings (SSSR count). The first-order chi connectivity index (χ1) is 14.5. The molecule has 1 unspecified atom stereocenters. The molecule has 0 spiro atoms. The molecule has 1 heterocycles. The van der Waals surface area contributed by atoms with Gasteiger partial charge >= 0.3 is 0 Å². The number of ether oxygens (including phenoxy) is 3. The maximum Gasteiger partial charge on any atom is 0.237 e. The first kappa shape index (κ1) is 21.6. The maximum absolute atomic E-state index is 12.8. The van der Waals surface area contributed by atoms with Crippen LogP contribution in [-0.2, 0) is 4.79 Å². The van der Waals surface area contributed by atoms with E-state index < -0.39 is 5.92 Å². The second kappa shape index (κ2) is 9.63. The summed E-state index contributed by atoms with van der Waals surface area (Å²) in [5, 5.41) is 2.94. The summed E-state index contributed by atoms with van der Waals surface area (Å²) in [7, 11) is 7.18. The Kier molecular flexibility index (Phi) is 6.95. The summed E-state index contributed by atoms with van der Waals surface area (Å²) in [5.74, 6) is 1.42. The number of nitrogens with zero attached hydrogens (tertiary/aromatic N) is 2. The van der Waals surface area contributed by atoms with Gasteiger partial charge in [-0.3, -0.25) is 9.79 Å². The number of amides is 1. The quantitative estimate of drug-likeness (QED) is 0.635. The van der Waals surface area contributed by atoms with Crippen LogP contribution < -0.4 is 19.5 Å². The third kappa shape index (κ3) is 4.74. The van der Waals surface area contributed by atoms with Crippen molar-refractivity contribution in [3.05, 3.63) is 42.0 Å². The Morgan fingerprint density at radius 2 is 1.77 bits per heavy atom. The third-order valence-electron chi connectivity index (χ3n) is 5.00. The SMILES string of the molecule is CCC(=Nc1ccc(OCCN(C)C)cc1)C1C(=O)Nc2cc(OC)c(OC)cc21. The fourth-order valence-corrected chi connectivity index (χ4v) is 3.40. The molecule has 0 fully saturated rings. The van der Waals surface area contributed by atoms with Crippen LogP contribution in [0.25, 0.3) is 0 Å². The highest BCUT2D eigenvalue weighted by molar-refractivity contribution is 6.19. The van der Waals surface area contributed by atoms with E-state index in [2.05, 4.69) is 10.2 Å². The van der Waals surface area contributed by atoms with Crippen LogP contribution in [0.15, 0.2) is 41.4 Å². The number of anilines is 1. The van der Waals surface area contributed by atoms with Crippen molar-refractivity contribution < 1.29 is 19.0 Å². The Balaban J connectivity index is 1.84. The molecule has 7 heteroatoms. The summed E-state index contributed by atoms with van der Waals surface area (Å²) in [4.78, 5) is 19.6. The zero-order chi connectivity index (χ0) is 21.7. The van der Waals surface area contributed by atoms with Gasteiger partial charge in [0.2, 0.25) is 5.91 Å². The van der Waals surface area contributed by atoms with Gasteiger partial charge in [-0.25, -0.2) is 0 Å². The van der Waals surface area contributed by atoms with Crippen molar-refractivity contribution in [3.63, 3.8) is 0 Å². The third-order valence-corrected chi connectivity index (χ3v) is 5.00. The van der Waals surface area contributed by atoms with E-state index in [1.54, 1.807) is 20.3 Å². The second-order valence-electron chi connectivity index (χ2n) is 7.32. The molecule has 2 aromatic rings. The molecule has 2 aromatic carbocycles. The lowest BCUT2D eigenvalue weighted by molar-refractivity contribution is -0.115. The molecular weight excluding hydrogens is 382 g/mol. The molecule has 0 saturated carbocycles. The molecule has 7 nitrogen and oxygen atoms in total. The standard InChI is InChI=1S/C23H29N3O4/c1-6-18(24-15-7-9-16(10-8-15)30-12-11-26(2)3)22-17-13-20(28-4)21(29-5)14-19(17)25-23(22)27/h7-10,13-14,22H,6,11-12H2,1-5H3,(H,25,27). The van der Waals surface area contributed by atoms with Crippen LogP contribution in [0, 0.1) is 0 Å². The summed E-state index contributed by atoms with van der Waals surface area (Å²) in [5.41, 5.74) is 3.16. The highest BCUT2D eigenvalue weighted by Gasteiger charge is 2.35. The normalized spacial score (nSPS) is 15.7. The fraction of sp³-hybridized carbons (Fsp3) is 0.391. The Bertz CT molecular complexity index is 923. The Hall–Kier alpha value is -3.06. The number of hydrogen-bond acceptors (Lipinski definition) is 6. The molecule has 160 valence electrons. The van der Waals surface area contributed by atoms with Gasteiger partial charge in [0.1, 0.15) is 18.3 Å².